The fraction of sp³-hybridized carbons (Fsp3) is 0.500. The molecule has 4 aliphatic rings. The quantitative estimate of drug-likeness (QED) is 0.688. The molecule has 0 bridgehead atoms. The van der Waals surface area contributed by atoms with E-state index in [9.17, 15) is 19.2 Å². The molecule has 2 N–H and O–H groups in total. The van der Waals surface area contributed by atoms with Crippen molar-refractivity contribution in [2.75, 3.05) is 25.4 Å². The number of hydrogen-bond donors (Lipinski definition) is 2. The van der Waals surface area contributed by atoms with Gasteiger partial charge >= 0.3 is 0 Å². The highest BCUT2D eigenvalue weighted by Gasteiger charge is 2.48. The van der Waals surface area contributed by atoms with Crippen LogP contribution in [0, 0.1) is 0 Å². The zero-order valence-electron chi connectivity index (χ0n) is 15.9. The molecule has 0 aromatic heterocycles. The van der Waals surface area contributed by atoms with E-state index in [4.69, 9.17) is 0 Å². The van der Waals surface area contributed by atoms with Gasteiger partial charge in [0.15, 0.2) is 0 Å². The summed E-state index contributed by atoms with van der Waals surface area (Å²) in [7, 11) is 0. The monoisotopic (exact) mass is 414 g/mol. The molecule has 9 heteroatoms. The van der Waals surface area contributed by atoms with Gasteiger partial charge in [-0.25, -0.2) is 0 Å². The van der Waals surface area contributed by atoms with Crippen LogP contribution < -0.4 is 10.6 Å². The molecular weight excluding hydrogens is 392 g/mol. The molecule has 29 heavy (non-hydrogen) atoms. The first-order chi connectivity index (χ1) is 14.0. The van der Waals surface area contributed by atoms with E-state index in [0.717, 1.165) is 42.3 Å². The summed E-state index contributed by atoms with van der Waals surface area (Å²) < 4.78 is 0. The predicted octanol–water partition coefficient (Wildman–Crippen LogP) is 0.326. The van der Waals surface area contributed by atoms with Crippen LogP contribution in [-0.2, 0) is 16.1 Å². The molecular formula is C20H22N4O4S. The number of thioether (sulfide) groups is 1. The molecule has 4 heterocycles. The Labute approximate surface area is 172 Å². The van der Waals surface area contributed by atoms with Crippen LogP contribution >= 0.6 is 11.8 Å². The lowest BCUT2D eigenvalue weighted by Crippen LogP contribution is -2.68. The molecule has 1 spiro atoms. The lowest BCUT2D eigenvalue weighted by atomic mass is 10.00. The predicted molar refractivity (Wildman–Crippen MR) is 106 cm³/mol. The largest absolute Gasteiger partial charge is 0.311 e. The second-order valence-electron chi connectivity index (χ2n) is 7.96. The highest BCUT2D eigenvalue weighted by molar-refractivity contribution is 8.00. The summed E-state index contributed by atoms with van der Waals surface area (Å²) in [5, 5.41) is 5.59. The molecule has 1 aromatic carbocycles. The van der Waals surface area contributed by atoms with Crippen molar-refractivity contribution in [2.24, 2.45) is 0 Å². The van der Waals surface area contributed by atoms with Gasteiger partial charge in [-0.3, -0.25) is 34.3 Å². The Morgan fingerprint density at radius 3 is 2.69 bits per heavy atom. The van der Waals surface area contributed by atoms with Crippen LogP contribution in [-0.4, -0.2) is 69.7 Å². The highest BCUT2D eigenvalue weighted by atomic mass is 32.2. The molecule has 152 valence electrons. The van der Waals surface area contributed by atoms with E-state index >= 15 is 0 Å². The van der Waals surface area contributed by atoms with Crippen molar-refractivity contribution in [3.05, 3.63) is 34.9 Å². The zero-order chi connectivity index (χ0) is 20.2. The van der Waals surface area contributed by atoms with Gasteiger partial charge < -0.3 is 5.32 Å². The third-order valence-corrected chi connectivity index (χ3v) is 7.81. The Hall–Kier alpha value is -2.23. The van der Waals surface area contributed by atoms with E-state index in [0.29, 0.717) is 17.7 Å². The van der Waals surface area contributed by atoms with E-state index in [1.165, 1.54) is 0 Å². The van der Waals surface area contributed by atoms with Gasteiger partial charge in [0.05, 0.1) is 16.0 Å². The summed E-state index contributed by atoms with van der Waals surface area (Å²) in [5.41, 5.74) is 1.58. The Bertz CT molecular complexity index is 929. The number of carbonyl (C=O) groups is 4. The molecule has 1 unspecified atom stereocenters. The van der Waals surface area contributed by atoms with Crippen LogP contribution in [0.5, 0.6) is 0 Å². The second kappa shape index (κ2) is 6.93. The molecule has 3 fully saturated rings. The van der Waals surface area contributed by atoms with Gasteiger partial charge in [0.25, 0.3) is 11.8 Å². The van der Waals surface area contributed by atoms with Crippen LogP contribution in [0.15, 0.2) is 18.2 Å². The number of amides is 4. The Kier molecular flexibility index (Phi) is 4.49. The minimum Gasteiger partial charge on any atom is -0.311 e. The minimum absolute atomic E-state index is 0.0654. The van der Waals surface area contributed by atoms with Crippen molar-refractivity contribution >= 4 is 35.4 Å². The van der Waals surface area contributed by atoms with E-state index in [-0.39, 0.29) is 23.6 Å². The van der Waals surface area contributed by atoms with Crippen molar-refractivity contribution in [1.82, 2.24) is 20.4 Å². The number of benzene rings is 1. The topological polar surface area (TPSA) is 98.8 Å². The van der Waals surface area contributed by atoms with Crippen molar-refractivity contribution in [2.45, 2.75) is 36.7 Å². The third-order valence-electron chi connectivity index (χ3n) is 6.24. The van der Waals surface area contributed by atoms with Crippen LogP contribution in [0.25, 0.3) is 0 Å². The maximum Gasteiger partial charge on any atom is 0.262 e. The Morgan fingerprint density at radius 2 is 1.97 bits per heavy atom. The molecule has 0 saturated carbocycles. The third kappa shape index (κ3) is 2.91. The van der Waals surface area contributed by atoms with Gasteiger partial charge in [-0.15, -0.1) is 11.8 Å². The summed E-state index contributed by atoms with van der Waals surface area (Å²) in [4.78, 5) is 53.5. The fourth-order valence-corrected chi connectivity index (χ4v) is 6.02. The van der Waals surface area contributed by atoms with E-state index < -0.39 is 23.8 Å². The van der Waals surface area contributed by atoms with Gasteiger partial charge in [-0.05, 0) is 30.2 Å². The Balaban J connectivity index is 1.45. The first-order valence-electron chi connectivity index (χ1n) is 9.93. The molecule has 4 aliphatic heterocycles. The summed E-state index contributed by atoms with van der Waals surface area (Å²) in [5.74, 6) is -0.698. The summed E-state index contributed by atoms with van der Waals surface area (Å²) in [6.07, 6.45) is 1.39. The van der Waals surface area contributed by atoms with E-state index in [2.05, 4.69) is 15.5 Å². The SMILES string of the molecule is O=C1CCC(N2C(=O)c3cccc(CN4CCCSC45CNC5)c3C2=O)C(=O)N1. The first-order valence-corrected chi connectivity index (χ1v) is 10.9. The minimum atomic E-state index is -0.930. The fourth-order valence-electron chi connectivity index (χ4n) is 4.62. The smallest absolute Gasteiger partial charge is 0.262 e. The average molecular weight is 414 g/mol. The summed E-state index contributed by atoms with van der Waals surface area (Å²) >= 11 is 1.95. The summed E-state index contributed by atoms with van der Waals surface area (Å²) in [6, 6.07) is 4.42. The van der Waals surface area contributed by atoms with Crippen molar-refractivity contribution in [3.63, 3.8) is 0 Å². The van der Waals surface area contributed by atoms with E-state index in [1.807, 2.05) is 17.8 Å². The highest BCUT2D eigenvalue weighted by Crippen LogP contribution is 2.39. The number of fused-ring (bicyclic) bond motifs is 1. The van der Waals surface area contributed by atoms with Gasteiger partial charge in [-0.1, -0.05) is 12.1 Å². The molecule has 3 saturated heterocycles. The maximum atomic E-state index is 13.2. The number of rotatable bonds is 3. The van der Waals surface area contributed by atoms with Gasteiger partial charge in [-0.2, -0.15) is 0 Å². The number of piperidine rings is 1. The standard InChI is InChI=1S/C20H22N4O4S/c25-15-6-5-14(17(26)22-15)24-18(27)13-4-1-3-12(16(13)19(24)28)9-23-7-2-8-29-20(23)10-21-11-20/h1,3-4,14,21H,2,5-11H2,(H,22,25,26). The van der Waals surface area contributed by atoms with Crippen LogP contribution in [0.3, 0.4) is 0 Å². The molecule has 0 aliphatic carbocycles. The van der Waals surface area contributed by atoms with Crippen molar-refractivity contribution < 1.29 is 19.2 Å². The maximum absolute atomic E-state index is 13.2. The van der Waals surface area contributed by atoms with Crippen LogP contribution in [0.2, 0.25) is 0 Å². The van der Waals surface area contributed by atoms with Crippen molar-refractivity contribution in [3.8, 4) is 0 Å². The normalized spacial score (nSPS) is 26.5. The van der Waals surface area contributed by atoms with Crippen molar-refractivity contribution in [1.29, 1.82) is 0 Å². The Morgan fingerprint density at radius 1 is 1.14 bits per heavy atom. The molecule has 5 rings (SSSR count). The average Bonchev–Trinajstić information content (AvgIpc) is 2.93. The molecule has 4 amide bonds. The van der Waals surface area contributed by atoms with Crippen LogP contribution in [0.1, 0.15) is 45.5 Å². The number of nitrogens with zero attached hydrogens (tertiary/aromatic N) is 2. The van der Waals surface area contributed by atoms with Crippen LogP contribution in [0.4, 0.5) is 0 Å². The lowest BCUT2D eigenvalue weighted by Gasteiger charge is -2.52. The molecule has 8 nitrogen and oxygen atoms in total. The number of carbonyl (C=O) groups excluding carboxylic acids is 4. The van der Waals surface area contributed by atoms with E-state index in [1.54, 1.807) is 12.1 Å². The number of nitrogens with one attached hydrogen (secondary N) is 2. The first kappa shape index (κ1) is 18.8. The van der Waals surface area contributed by atoms with Gasteiger partial charge in [0, 0.05) is 32.6 Å². The van der Waals surface area contributed by atoms with Gasteiger partial charge in [0.2, 0.25) is 11.8 Å². The van der Waals surface area contributed by atoms with Gasteiger partial charge in [0.1, 0.15) is 6.04 Å². The number of hydrogen-bond acceptors (Lipinski definition) is 7. The second-order valence-corrected chi connectivity index (χ2v) is 9.42. The number of imide groups is 2. The lowest BCUT2D eigenvalue weighted by molar-refractivity contribution is -0.136. The molecule has 1 aromatic rings. The molecule has 0 radical (unpaired) electrons. The molecule has 1 atom stereocenters. The zero-order valence-corrected chi connectivity index (χ0v) is 16.7. The summed E-state index contributed by atoms with van der Waals surface area (Å²) in [6.45, 7) is 3.39.